The molecule has 1 rings (SSSR count). The van der Waals surface area contributed by atoms with Crippen LogP contribution in [-0.2, 0) is 4.79 Å². The molecule has 1 N–H and O–H groups in total. The second-order valence-corrected chi connectivity index (χ2v) is 3.98. The molecule has 0 unspecified atom stereocenters. The van der Waals surface area contributed by atoms with Crippen molar-refractivity contribution in [2.75, 3.05) is 13.2 Å². The molecular formula is C12H19NO2. The Morgan fingerprint density at radius 3 is 2.73 bits per heavy atom. The molecule has 0 aromatic heterocycles. The number of carbonyl (C=O) groups excluding carboxylic acids is 1. The third kappa shape index (κ3) is 3.51. The number of carbonyl (C=O) groups is 1. The molecule has 0 aromatic carbocycles. The first-order chi connectivity index (χ1) is 7.15. The summed E-state index contributed by atoms with van der Waals surface area (Å²) in [5.74, 6) is 0.213. The molecule has 3 heteroatoms. The maximum absolute atomic E-state index is 11.6. The first-order valence-electron chi connectivity index (χ1n) is 5.40. The second kappa shape index (κ2) is 5.71. The van der Waals surface area contributed by atoms with Crippen LogP contribution in [-0.4, -0.2) is 29.1 Å². The van der Waals surface area contributed by atoms with E-state index in [1.807, 2.05) is 30.9 Å². The Labute approximate surface area is 91.1 Å². The molecule has 1 aliphatic heterocycles. The Balaban J connectivity index is 2.65. The fraction of sp³-hybridized carbons (Fsp3) is 0.583. The lowest BCUT2D eigenvalue weighted by atomic mass is 10.1. The van der Waals surface area contributed by atoms with Crippen molar-refractivity contribution in [3.05, 3.63) is 23.4 Å². The van der Waals surface area contributed by atoms with Crippen molar-refractivity contribution in [3.63, 3.8) is 0 Å². The largest absolute Gasteiger partial charge is 0.392 e. The van der Waals surface area contributed by atoms with Crippen LogP contribution in [0.25, 0.3) is 0 Å². The van der Waals surface area contributed by atoms with Crippen LogP contribution in [0.1, 0.15) is 33.1 Å². The highest BCUT2D eigenvalue weighted by Crippen LogP contribution is 2.15. The van der Waals surface area contributed by atoms with Crippen LogP contribution in [0.15, 0.2) is 23.4 Å². The van der Waals surface area contributed by atoms with E-state index in [0.717, 1.165) is 30.7 Å². The van der Waals surface area contributed by atoms with Gasteiger partial charge in [-0.25, -0.2) is 0 Å². The van der Waals surface area contributed by atoms with Gasteiger partial charge < -0.3 is 10.0 Å². The van der Waals surface area contributed by atoms with Gasteiger partial charge in [0.15, 0.2) is 0 Å². The quantitative estimate of drug-likeness (QED) is 0.720. The van der Waals surface area contributed by atoms with E-state index in [1.165, 1.54) is 0 Å². The smallest absolute Gasteiger partial charge is 0.226 e. The van der Waals surface area contributed by atoms with Gasteiger partial charge in [0.05, 0.1) is 6.61 Å². The van der Waals surface area contributed by atoms with Crippen LogP contribution in [0.5, 0.6) is 0 Å². The number of piperidine rings is 1. The molecule has 0 saturated carbocycles. The van der Waals surface area contributed by atoms with Gasteiger partial charge in [-0.1, -0.05) is 6.08 Å². The number of rotatable bonds is 3. The minimum atomic E-state index is 0.0672. The van der Waals surface area contributed by atoms with Crippen molar-refractivity contribution >= 4 is 5.91 Å². The van der Waals surface area contributed by atoms with Gasteiger partial charge in [-0.2, -0.15) is 0 Å². The van der Waals surface area contributed by atoms with Crippen molar-refractivity contribution in [3.8, 4) is 0 Å². The number of likely N-dealkylation sites (tertiary alicyclic amines) is 1. The highest BCUT2D eigenvalue weighted by Gasteiger charge is 2.18. The van der Waals surface area contributed by atoms with Gasteiger partial charge in [-0.15, -0.1) is 0 Å². The van der Waals surface area contributed by atoms with Gasteiger partial charge in [0, 0.05) is 18.7 Å². The van der Waals surface area contributed by atoms with E-state index in [0.29, 0.717) is 6.42 Å². The van der Waals surface area contributed by atoms with Crippen molar-refractivity contribution in [2.24, 2.45) is 0 Å². The van der Waals surface area contributed by atoms with Crippen LogP contribution in [0.3, 0.4) is 0 Å². The van der Waals surface area contributed by atoms with Gasteiger partial charge >= 0.3 is 0 Å². The van der Waals surface area contributed by atoms with E-state index < -0.39 is 0 Å². The van der Waals surface area contributed by atoms with E-state index in [-0.39, 0.29) is 12.5 Å². The molecule has 1 aliphatic rings. The van der Waals surface area contributed by atoms with Crippen molar-refractivity contribution < 1.29 is 9.90 Å². The monoisotopic (exact) mass is 209 g/mol. The van der Waals surface area contributed by atoms with Crippen molar-refractivity contribution in [1.29, 1.82) is 0 Å². The number of amides is 1. The molecule has 0 bridgehead atoms. The number of hydrogen-bond acceptors (Lipinski definition) is 2. The molecule has 0 atom stereocenters. The van der Waals surface area contributed by atoms with E-state index >= 15 is 0 Å². The number of nitrogens with zero attached hydrogens (tertiary/aromatic N) is 1. The maximum atomic E-state index is 11.6. The zero-order valence-corrected chi connectivity index (χ0v) is 9.49. The molecule has 1 saturated heterocycles. The SMILES string of the molecule is C/C(=C\C=C(/C)N1CCCCC1=O)CO. The van der Waals surface area contributed by atoms with E-state index in [2.05, 4.69) is 0 Å². The first-order valence-corrected chi connectivity index (χ1v) is 5.40. The molecular weight excluding hydrogens is 190 g/mol. The molecule has 1 heterocycles. The van der Waals surface area contributed by atoms with E-state index in [4.69, 9.17) is 5.11 Å². The molecule has 0 aliphatic carbocycles. The first kappa shape index (κ1) is 12.0. The third-order valence-corrected chi connectivity index (χ3v) is 2.61. The van der Waals surface area contributed by atoms with E-state index in [1.54, 1.807) is 0 Å². The van der Waals surface area contributed by atoms with Gasteiger partial charge in [0.2, 0.25) is 5.91 Å². The molecule has 0 aromatic rings. The van der Waals surface area contributed by atoms with Crippen LogP contribution in [0.4, 0.5) is 0 Å². The molecule has 1 fully saturated rings. The Bertz CT molecular complexity index is 292. The Kier molecular flexibility index (Phi) is 4.56. The van der Waals surface area contributed by atoms with Crippen LogP contribution in [0.2, 0.25) is 0 Å². The van der Waals surface area contributed by atoms with Gasteiger partial charge in [-0.3, -0.25) is 4.79 Å². The molecule has 3 nitrogen and oxygen atoms in total. The molecule has 15 heavy (non-hydrogen) atoms. The highest BCUT2D eigenvalue weighted by atomic mass is 16.3. The van der Waals surface area contributed by atoms with Crippen LogP contribution >= 0.6 is 0 Å². The summed E-state index contributed by atoms with van der Waals surface area (Å²) in [4.78, 5) is 13.4. The standard InChI is InChI=1S/C12H19NO2/c1-10(9-14)6-7-11(2)13-8-4-3-5-12(13)15/h6-7,14H,3-5,8-9H2,1-2H3/b10-6+,11-7+. The van der Waals surface area contributed by atoms with Gasteiger partial charge in [-0.05, 0) is 38.3 Å². The Morgan fingerprint density at radius 1 is 1.40 bits per heavy atom. The predicted molar refractivity (Wildman–Crippen MR) is 60.2 cm³/mol. The predicted octanol–water partition coefficient (Wildman–Crippen LogP) is 1.84. The summed E-state index contributed by atoms with van der Waals surface area (Å²) in [6, 6.07) is 0. The fourth-order valence-electron chi connectivity index (χ4n) is 1.58. The number of allylic oxidation sites excluding steroid dienone is 3. The summed E-state index contributed by atoms with van der Waals surface area (Å²) in [5.41, 5.74) is 1.87. The molecule has 0 radical (unpaired) electrons. The van der Waals surface area contributed by atoms with Crippen LogP contribution in [0, 0.1) is 0 Å². The topological polar surface area (TPSA) is 40.5 Å². The number of aliphatic hydroxyl groups excluding tert-OH is 1. The summed E-state index contributed by atoms with van der Waals surface area (Å²) in [6.45, 7) is 4.69. The summed E-state index contributed by atoms with van der Waals surface area (Å²) in [6.07, 6.45) is 6.51. The summed E-state index contributed by atoms with van der Waals surface area (Å²) in [5, 5.41) is 8.83. The minimum Gasteiger partial charge on any atom is -0.392 e. The lowest BCUT2D eigenvalue weighted by Crippen LogP contribution is -2.33. The van der Waals surface area contributed by atoms with Crippen molar-refractivity contribution in [1.82, 2.24) is 4.90 Å². The molecule has 84 valence electrons. The normalized spacial score (nSPS) is 19.7. The molecule has 1 amide bonds. The lowest BCUT2D eigenvalue weighted by Gasteiger charge is -2.27. The lowest BCUT2D eigenvalue weighted by molar-refractivity contribution is -0.131. The zero-order valence-electron chi connectivity index (χ0n) is 9.49. The highest BCUT2D eigenvalue weighted by molar-refractivity contribution is 5.78. The summed E-state index contributed by atoms with van der Waals surface area (Å²) < 4.78 is 0. The van der Waals surface area contributed by atoms with E-state index in [9.17, 15) is 4.79 Å². The fourth-order valence-corrected chi connectivity index (χ4v) is 1.58. The van der Waals surface area contributed by atoms with Crippen molar-refractivity contribution in [2.45, 2.75) is 33.1 Å². The average molecular weight is 209 g/mol. The number of aliphatic hydroxyl groups is 1. The summed E-state index contributed by atoms with van der Waals surface area (Å²) >= 11 is 0. The summed E-state index contributed by atoms with van der Waals surface area (Å²) in [7, 11) is 0. The second-order valence-electron chi connectivity index (χ2n) is 3.98. The Hall–Kier alpha value is -1.09. The Morgan fingerprint density at radius 2 is 2.13 bits per heavy atom. The van der Waals surface area contributed by atoms with Gasteiger partial charge in [0.1, 0.15) is 0 Å². The zero-order chi connectivity index (χ0) is 11.3. The average Bonchev–Trinajstić information content (AvgIpc) is 2.26. The molecule has 0 spiro atoms. The number of hydrogen-bond donors (Lipinski definition) is 1. The van der Waals surface area contributed by atoms with Crippen LogP contribution < -0.4 is 0 Å². The third-order valence-electron chi connectivity index (χ3n) is 2.61. The maximum Gasteiger partial charge on any atom is 0.226 e. The minimum absolute atomic E-state index is 0.0672. The van der Waals surface area contributed by atoms with Gasteiger partial charge in [0.25, 0.3) is 0 Å².